The number of hydrogen-bond acceptors (Lipinski definition) is 10. The van der Waals surface area contributed by atoms with Crippen molar-refractivity contribution >= 4 is 56.4 Å². The molecule has 36 heavy (non-hydrogen) atoms. The normalized spacial score (nSPS) is 20.9. The topological polar surface area (TPSA) is 171 Å². The fourth-order valence-electron chi connectivity index (χ4n) is 4.11. The molecule has 1 aliphatic rings. The minimum absolute atomic E-state index is 0.219. The van der Waals surface area contributed by atoms with Gasteiger partial charge in [-0.25, -0.2) is 15.1 Å². The van der Waals surface area contributed by atoms with E-state index < -0.39 is 28.4 Å². The summed E-state index contributed by atoms with van der Waals surface area (Å²) in [6.45, 7) is -0.239. The van der Waals surface area contributed by atoms with E-state index in [-0.39, 0.29) is 29.8 Å². The van der Waals surface area contributed by atoms with Crippen molar-refractivity contribution < 1.29 is 22.5 Å². The molecule has 2 heterocycles. The number of hydrogen-bond donors (Lipinski definition) is 4. The van der Waals surface area contributed by atoms with Gasteiger partial charge in [-0.05, 0) is 36.6 Å². The quantitative estimate of drug-likeness (QED) is 0.282. The van der Waals surface area contributed by atoms with Crippen molar-refractivity contribution in [1.82, 2.24) is 9.97 Å². The number of benzene rings is 1. The van der Waals surface area contributed by atoms with Gasteiger partial charge in [-0.1, -0.05) is 35.3 Å². The monoisotopic (exact) mass is 571 g/mol. The van der Waals surface area contributed by atoms with Crippen LogP contribution in [0.15, 0.2) is 42.9 Å². The van der Waals surface area contributed by atoms with Gasteiger partial charge >= 0.3 is 10.3 Å². The molecule has 1 unspecified atom stereocenters. The summed E-state index contributed by atoms with van der Waals surface area (Å²) in [6.07, 6.45) is 2.58. The maximum absolute atomic E-state index is 13.4. The van der Waals surface area contributed by atoms with Crippen molar-refractivity contribution in [3.05, 3.63) is 73.8 Å². The van der Waals surface area contributed by atoms with Crippen molar-refractivity contribution in [3.8, 4) is 0 Å². The number of rotatable bonds is 9. The number of nitrogens with one attached hydrogen (secondary N) is 1. The van der Waals surface area contributed by atoms with Crippen LogP contribution in [-0.4, -0.2) is 48.0 Å². The molecular weight excluding hydrogens is 549 g/mol. The molecular formula is C22H23Cl2N5O5S2. The van der Waals surface area contributed by atoms with Gasteiger partial charge in [0.1, 0.15) is 12.1 Å². The Morgan fingerprint density at radius 3 is 2.81 bits per heavy atom. The Kier molecular flexibility index (Phi) is 8.27. The lowest BCUT2D eigenvalue weighted by molar-refractivity contribution is 0.101. The van der Waals surface area contributed by atoms with Crippen molar-refractivity contribution in [2.24, 2.45) is 16.8 Å². The Balaban J connectivity index is 1.51. The molecule has 0 spiro atoms. The molecule has 0 bridgehead atoms. The Bertz CT molecular complexity index is 1370. The van der Waals surface area contributed by atoms with E-state index in [1.54, 1.807) is 24.3 Å². The number of ketones is 1. The van der Waals surface area contributed by atoms with E-state index in [1.165, 1.54) is 12.5 Å². The number of anilines is 1. The maximum atomic E-state index is 13.4. The van der Waals surface area contributed by atoms with E-state index in [1.807, 2.05) is 6.07 Å². The zero-order valence-corrected chi connectivity index (χ0v) is 21.8. The number of halogens is 2. The average molecular weight is 572 g/mol. The van der Waals surface area contributed by atoms with Gasteiger partial charge in [0, 0.05) is 28.7 Å². The van der Waals surface area contributed by atoms with Gasteiger partial charge in [0.2, 0.25) is 5.78 Å². The Labute approximate surface area is 221 Å². The highest BCUT2D eigenvalue weighted by Gasteiger charge is 2.35. The van der Waals surface area contributed by atoms with Gasteiger partial charge in [-0.3, -0.25) is 8.98 Å². The summed E-state index contributed by atoms with van der Waals surface area (Å²) in [5.41, 5.74) is 7.96. The highest BCUT2D eigenvalue weighted by atomic mass is 35.5. The Hall–Kier alpha value is -2.16. The number of carbonyl (C=O) groups is 1. The van der Waals surface area contributed by atoms with Crippen LogP contribution in [0.3, 0.4) is 0 Å². The standard InChI is InChI=1S/C22H23Cl2N5O5S2/c23-13-3-1-2-11(4-13)19(25)15-7-18(35-21(15)24)20(31)16-8-27-10-28-22(16)29-14-5-12(17(30)6-14)9-34-36(26,32)33/h1-4,7-8,10,12,14,17,19,30H,5-6,9,25H2,(H2,26,32,33)(H,27,28,29)/t12-,14-,17+,19?/m1/s1. The maximum Gasteiger partial charge on any atom is 0.333 e. The van der Waals surface area contributed by atoms with Crippen LogP contribution < -0.4 is 16.2 Å². The Morgan fingerprint density at radius 2 is 2.08 bits per heavy atom. The molecule has 1 aliphatic carbocycles. The third kappa shape index (κ3) is 6.39. The predicted octanol–water partition coefficient (Wildman–Crippen LogP) is 2.90. The summed E-state index contributed by atoms with van der Waals surface area (Å²) in [5.74, 6) is -0.513. The summed E-state index contributed by atoms with van der Waals surface area (Å²) in [5, 5.41) is 18.9. The summed E-state index contributed by atoms with van der Waals surface area (Å²) in [7, 11) is -4.11. The zero-order chi connectivity index (χ0) is 26.0. The molecule has 0 amide bonds. The molecule has 1 saturated carbocycles. The van der Waals surface area contributed by atoms with Crippen molar-refractivity contribution in [2.75, 3.05) is 11.9 Å². The molecule has 0 aliphatic heterocycles. The number of aliphatic hydroxyl groups is 1. The second-order valence-corrected chi connectivity index (χ2v) is 11.7. The minimum atomic E-state index is -4.11. The lowest BCUT2D eigenvalue weighted by Crippen LogP contribution is -2.24. The largest absolute Gasteiger partial charge is 0.393 e. The lowest BCUT2D eigenvalue weighted by Gasteiger charge is -2.15. The van der Waals surface area contributed by atoms with Gasteiger partial charge in [0.05, 0.1) is 33.5 Å². The first-order chi connectivity index (χ1) is 17.0. The summed E-state index contributed by atoms with van der Waals surface area (Å²) >= 11 is 13.6. The number of nitrogens with two attached hydrogens (primary N) is 2. The molecule has 1 fully saturated rings. The zero-order valence-electron chi connectivity index (χ0n) is 18.7. The third-order valence-electron chi connectivity index (χ3n) is 5.88. The minimum Gasteiger partial charge on any atom is -0.393 e. The molecule has 0 saturated heterocycles. The SMILES string of the molecule is NC(c1cccc(Cl)c1)c1cc(C(=O)c2cncnc2N[C@@H]2C[C@H](COS(N)(=O)=O)[C@@H](O)C2)sc1Cl. The second kappa shape index (κ2) is 11.1. The van der Waals surface area contributed by atoms with E-state index in [0.717, 1.165) is 16.9 Å². The fourth-order valence-corrected chi connectivity index (χ4v) is 5.98. The second-order valence-electron chi connectivity index (χ2n) is 8.40. The van der Waals surface area contributed by atoms with Crippen LogP contribution in [0.1, 0.15) is 45.2 Å². The first-order valence-corrected chi connectivity index (χ1v) is 13.8. The summed E-state index contributed by atoms with van der Waals surface area (Å²) in [6, 6.07) is 7.89. The number of nitrogens with zero attached hydrogens (tertiary/aromatic N) is 2. The summed E-state index contributed by atoms with van der Waals surface area (Å²) < 4.78 is 27.1. The van der Waals surface area contributed by atoms with Gasteiger partial charge < -0.3 is 16.2 Å². The van der Waals surface area contributed by atoms with Crippen LogP contribution in [0.5, 0.6) is 0 Å². The molecule has 14 heteroatoms. The number of aromatic nitrogens is 2. The fraction of sp³-hybridized carbons (Fsp3) is 0.318. The van der Waals surface area contributed by atoms with Crippen molar-refractivity contribution in [1.29, 1.82) is 0 Å². The first kappa shape index (κ1) is 26.9. The van der Waals surface area contributed by atoms with E-state index in [0.29, 0.717) is 32.6 Å². The van der Waals surface area contributed by atoms with Crippen LogP contribution in [-0.2, 0) is 14.5 Å². The molecule has 10 nitrogen and oxygen atoms in total. The van der Waals surface area contributed by atoms with Gasteiger partial charge in [-0.2, -0.15) is 8.42 Å². The first-order valence-electron chi connectivity index (χ1n) is 10.8. The number of aliphatic hydroxyl groups excluding tert-OH is 1. The van der Waals surface area contributed by atoms with E-state index in [2.05, 4.69) is 19.5 Å². The number of carbonyl (C=O) groups excluding carboxylic acids is 1. The highest BCUT2D eigenvalue weighted by molar-refractivity contribution is 7.84. The van der Waals surface area contributed by atoms with Crippen LogP contribution >= 0.6 is 34.5 Å². The predicted molar refractivity (Wildman–Crippen MR) is 137 cm³/mol. The summed E-state index contributed by atoms with van der Waals surface area (Å²) in [4.78, 5) is 21.9. The van der Waals surface area contributed by atoms with Crippen LogP contribution in [0.4, 0.5) is 5.82 Å². The molecule has 4 atom stereocenters. The molecule has 0 radical (unpaired) electrons. The van der Waals surface area contributed by atoms with E-state index in [4.69, 9.17) is 34.1 Å². The number of thiophene rings is 1. The van der Waals surface area contributed by atoms with E-state index in [9.17, 15) is 18.3 Å². The van der Waals surface area contributed by atoms with Gasteiger partial charge in [0.15, 0.2) is 0 Å². The molecule has 6 N–H and O–H groups in total. The molecule has 2 aromatic heterocycles. The molecule has 3 aromatic rings. The molecule has 4 rings (SSSR count). The van der Waals surface area contributed by atoms with Crippen molar-refractivity contribution in [3.63, 3.8) is 0 Å². The van der Waals surface area contributed by atoms with E-state index >= 15 is 0 Å². The van der Waals surface area contributed by atoms with Crippen LogP contribution in [0.2, 0.25) is 9.36 Å². The Morgan fingerprint density at radius 1 is 1.31 bits per heavy atom. The van der Waals surface area contributed by atoms with Crippen LogP contribution in [0, 0.1) is 5.92 Å². The molecule has 192 valence electrons. The van der Waals surface area contributed by atoms with Crippen LogP contribution in [0.25, 0.3) is 0 Å². The highest BCUT2D eigenvalue weighted by Crippen LogP contribution is 2.36. The smallest absolute Gasteiger partial charge is 0.333 e. The average Bonchev–Trinajstić information content (AvgIpc) is 3.38. The molecule has 1 aromatic carbocycles. The van der Waals surface area contributed by atoms with Gasteiger partial charge in [0.25, 0.3) is 0 Å². The van der Waals surface area contributed by atoms with Gasteiger partial charge in [-0.15, -0.1) is 11.3 Å². The third-order valence-corrected chi connectivity index (χ3v) is 7.97. The van der Waals surface area contributed by atoms with Crippen molar-refractivity contribution in [2.45, 2.75) is 31.0 Å². The lowest BCUT2D eigenvalue weighted by atomic mass is 10.0.